The predicted molar refractivity (Wildman–Crippen MR) is 80.2 cm³/mol. The van der Waals surface area contributed by atoms with Crippen molar-refractivity contribution in [3.05, 3.63) is 38.9 Å². The first-order valence-corrected chi connectivity index (χ1v) is 7.29. The Morgan fingerprint density at radius 2 is 2.29 bits per heavy atom. The lowest BCUT2D eigenvalue weighted by Crippen LogP contribution is -2.48. The number of nitrogens with one attached hydrogen (secondary N) is 1. The molecule has 7 heteroatoms. The molecule has 0 aliphatic carbocycles. The van der Waals surface area contributed by atoms with Gasteiger partial charge in [-0.2, -0.15) is 0 Å². The number of rotatable bonds is 4. The molecule has 0 saturated carbocycles. The lowest BCUT2D eigenvalue weighted by atomic mass is 10.0. The van der Waals surface area contributed by atoms with Gasteiger partial charge in [-0.05, 0) is 31.0 Å². The number of benzene rings is 1. The number of halogens is 1. The van der Waals surface area contributed by atoms with Crippen LogP contribution in [0.3, 0.4) is 0 Å². The lowest BCUT2D eigenvalue weighted by molar-refractivity contribution is -0.384. The van der Waals surface area contributed by atoms with Crippen molar-refractivity contribution in [1.82, 2.24) is 10.2 Å². The van der Waals surface area contributed by atoms with Crippen LogP contribution in [-0.2, 0) is 11.3 Å². The summed E-state index contributed by atoms with van der Waals surface area (Å²) in [5.41, 5.74) is 0.699. The molecule has 1 heterocycles. The van der Waals surface area contributed by atoms with Gasteiger partial charge in [0.05, 0.1) is 11.0 Å². The Morgan fingerprint density at radius 3 is 2.95 bits per heavy atom. The first-order valence-electron chi connectivity index (χ1n) is 6.91. The first kappa shape index (κ1) is 15.7. The second-order valence-corrected chi connectivity index (χ2v) is 5.54. The van der Waals surface area contributed by atoms with Gasteiger partial charge in [-0.3, -0.25) is 19.8 Å². The maximum Gasteiger partial charge on any atom is 0.269 e. The molecule has 114 valence electrons. The van der Waals surface area contributed by atoms with Crippen LogP contribution < -0.4 is 5.32 Å². The molecule has 6 nitrogen and oxygen atoms in total. The highest BCUT2D eigenvalue weighted by atomic mass is 35.5. The highest BCUT2D eigenvalue weighted by Crippen LogP contribution is 2.26. The minimum atomic E-state index is -0.438. The Labute approximate surface area is 128 Å². The zero-order chi connectivity index (χ0) is 15.4. The van der Waals surface area contributed by atoms with Gasteiger partial charge in [-0.25, -0.2) is 0 Å². The van der Waals surface area contributed by atoms with Crippen LogP contribution in [-0.4, -0.2) is 35.4 Å². The molecular formula is C14H18ClN3O3. The topological polar surface area (TPSA) is 75.5 Å². The van der Waals surface area contributed by atoms with E-state index in [1.165, 1.54) is 18.2 Å². The summed E-state index contributed by atoms with van der Waals surface area (Å²) in [6.07, 6.45) is 2.82. The van der Waals surface area contributed by atoms with Gasteiger partial charge in [0.2, 0.25) is 5.91 Å². The minimum Gasteiger partial charge on any atom is -0.358 e. The molecule has 1 atom stereocenters. The van der Waals surface area contributed by atoms with Gasteiger partial charge in [0, 0.05) is 30.7 Å². The van der Waals surface area contributed by atoms with Crippen LogP contribution >= 0.6 is 11.6 Å². The van der Waals surface area contributed by atoms with Crippen molar-refractivity contribution in [3.63, 3.8) is 0 Å². The molecule has 21 heavy (non-hydrogen) atoms. The number of nitro benzene ring substituents is 1. The Kier molecular flexibility index (Phi) is 5.14. The van der Waals surface area contributed by atoms with E-state index in [0.717, 1.165) is 25.8 Å². The Balaban J connectivity index is 2.20. The Morgan fingerprint density at radius 1 is 1.52 bits per heavy atom. The molecule has 1 unspecified atom stereocenters. The predicted octanol–water partition coefficient (Wildman–Crippen LogP) is 2.35. The third-order valence-electron chi connectivity index (χ3n) is 3.78. The van der Waals surface area contributed by atoms with E-state index in [0.29, 0.717) is 17.1 Å². The van der Waals surface area contributed by atoms with E-state index < -0.39 is 4.92 Å². The third-order valence-corrected chi connectivity index (χ3v) is 4.14. The number of hydrogen-bond donors (Lipinski definition) is 1. The lowest BCUT2D eigenvalue weighted by Gasteiger charge is -2.34. The standard InChI is InChI=1S/C14H18ClN3O3/c1-16-14(19)13-4-2-3-7-17(13)9-10-8-11(18(20)21)5-6-12(10)15/h5-6,8,13H,2-4,7,9H2,1H3,(H,16,19). The van der Waals surface area contributed by atoms with Crippen molar-refractivity contribution in [2.24, 2.45) is 0 Å². The van der Waals surface area contributed by atoms with E-state index in [9.17, 15) is 14.9 Å². The van der Waals surface area contributed by atoms with E-state index in [1.54, 1.807) is 7.05 Å². The molecule has 0 spiro atoms. The fraction of sp³-hybridized carbons (Fsp3) is 0.500. The van der Waals surface area contributed by atoms with Crippen LogP contribution in [0.25, 0.3) is 0 Å². The number of likely N-dealkylation sites (tertiary alicyclic amines) is 1. The molecule has 0 bridgehead atoms. The number of nitro groups is 1. The van der Waals surface area contributed by atoms with Gasteiger partial charge in [0.25, 0.3) is 5.69 Å². The molecule has 1 aromatic carbocycles. The van der Waals surface area contributed by atoms with Crippen molar-refractivity contribution in [2.45, 2.75) is 31.8 Å². The quantitative estimate of drug-likeness (QED) is 0.684. The molecule has 1 N–H and O–H groups in total. The molecular weight excluding hydrogens is 294 g/mol. The maximum atomic E-state index is 11.9. The van der Waals surface area contributed by atoms with E-state index in [-0.39, 0.29) is 17.6 Å². The van der Waals surface area contributed by atoms with Crippen molar-refractivity contribution in [3.8, 4) is 0 Å². The van der Waals surface area contributed by atoms with Gasteiger partial charge < -0.3 is 5.32 Å². The van der Waals surface area contributed by atoms with Gasteiger partial charge in [0.15, 0.2) is 0 Å². The summed E-state index contributed by atoms with van der Waals surface area (Å²) in [7, 11) is 1.62. The molecule has 2 rings (SSSR count). The molecule has 1 fully saturated rings. The number of hydrogen-bond acceptors (Lipinski definition) is 4. The zero-order valence-electron chi connectivity index (χ0n) is 11.8. The smallest absolute Gasteiger partial charge is 0.269 e. The maximum absolute atomic E-state index is 11.9. The summed E-state index contributed by atoms with van der Waals surface area (Å²) >= 11 is 6.13. The fourth-order valence-corrected chi connectivity index (χ4v) is 2.84. The van der Waals surface area contributed by atoms with Gasteiger partial charge in [-0.1, -0.05) is 18.0 Å². The number of likely N-dealkylation sites (N-methyl/N-ethyl adjacent to an activating group) is 1. The van der Waals surface area contributed by atoms with E-state index in [2.05, 4.69) is 5.32 Å². The monoisotopic (exact) mass is 311 g/mol. The van der Waals surface area contributed by atoms with Crippen LogP contribution in [0, 0.1) is 10.1 Å². The molecule has 1 aromatic rings. The van der Waals surface area contributed by atoms with E-state index >= 15 is 0 Å². The van der Waals surface area contributed by atoms with Crippen molar-refractivity contribution >= 4 is 23.2 Å². The average Bonchev–Trinajstić information content (AvgIpc) is 2.49. The van der Waals surface area contributed by atoms with Crippen molar-refractivity contribution < 1.29 is 9.72 Å². The summed E-state index contributed by atoms with van der Waals surface area (Å²) in [4.78, 5) is 24.4. The van der Waals surface area contributed by atoms with Crippen LogP contribution in [0.5, 0.6) is 0 Å². The molecule has 1 saturated heterocycles. The normalized spacial score (nSPS) is 19.2. The number of non-ortho nitro benzene ring substituents is 1. The average molecular weight is 312 g/mol. The second kappa shape index (κ2) is 6.87. The molecule has 0 radical (unpaired) electrons. The summed E-state index contributed by atoms with van der Waals surface area (Å²) in [6.45, 7) is 1.23. The molecule has 1 aliphatic rings. The second-order valence-electron chi connectivity index (χ2n) is 5.13. The largest absolute Gasteiger partial charge is 0.358 e. The summed E-state index contributed by atoms with van der Waals surface area (Å²) in [6, 6.07) is 4.21. The van der Waals surface area contributed by atoms with Crippen molar-refractivity contribution in [2.75, 3.05) is 13.6 Å². The summed E-state index contributed by atoms with van der Waals surface area (Å²) in [5.74, 6) is -0.0174. The van der Waals surface area contributed by atoms with Crippen LogP contribution in [0.1, 0.15) is 24.8 Å². The van der Waals surface area contributed by atoms with E-state index in [1.807, 2.05) is 4.90 Å². The first-order chi connectivity index (χ1) is 10.0. The SMILES string of the molecule is CNC(=O)C1CCCCN1Cc1cc([N+](=O)[O-])ccc1Cl. The summed E-state index contributed by atoms with van der Waals surface area (Å²) < 4.78 is 0. The number of nitrogens with zero attached hydrogens (tertiary/aromatic N) is 2. The molecule has 1 amide bonds. The third kappa shape index (κ3) is 3.71. The minimum absolute atomic E-state index is 0.0166. The number of carbonyl (C=O) groups is 1. The Bertz CT molecular complexity index is 550. The van der Waals surface area contributed by atoms with Crippen LogP contribution in [0.4, 0.5) is 5.69 Å². The zero-order valence-corrected chi connectivity index (χ0v) is 12.6. The van der Waals surface area contributed by atoms with Gasteiger partial charge >= 0.3 is 0 Å². The van der Waals surface area contributed by atoms with Gasteiger partial charge in [0.1, 0.15) is 0 Å². The highest BCUT2D eigenvalue weighted by Gasteiger charge is 2.28. The van der Waals surface area contributed by atoms with E-state index in [4.69, 9.17) is 11.6 Å². The number of carbonyl (C=O) groups excluding carboxylic acids is 1. The van der Waals surface area contributed by atoms with Gasteiger partial charge in [-0.15, -0.1) is 0 Å². The van der Waals surface area contributed by atoms with Crippen molar-refractivity contribution in [1.29, 1.82) is 0 Å². The number of piperidine rings is 1. The van der Waals surface area contributed by atoms with Crippen LogP contribution in [0.2, 0.25) is 5.02 Å². The molecule has 1 aliphatic heterocycles. The van der Waals surface area contributed by atoms with Crippen LogP contribution in [0.15, 0.2) is 18.2 Å². The summed E-state index contributed by atoms with van der Waals surface area (Å²) in [5, 5.41) is 14.0. The Hall–Kier alpha value is -1.66. The highest BCUT2D eigenvalue weighted by molar-refractivity contribution is 6.31. The number of amides is 1. The fourth-order valence-electron chi connectivity index (χ4n) is 2.66. The molecule has 0 aromatic heterocycles.